The normalized spacial score (nSPS) is 13.7. The Balaban J connectivity index is 2.10. The molecule has 2 amide bonds. The van der Waals surface area contributed by atoms with Gasteiger partial charge in [0.1, 0.15) is 0 Å². The SMILES string of the molecule is Cc1nc(N2C(=O)c3ccc(C(=O)O)cc3C2=O)sc1C. The van der Waals surface area contributed by atoms with Gasteiger partial charge in [0.15, 0.2) is 5.13 Å². The first-order valence-electron chi connectivity index (χ1n) is 6.10. The fourth-order valence-corrected chi connectivity index (χ4v) is 3.01. The van der Waals surface area contributed by atoms with Crippen LogP contribution >= 0.6 is 11.3 Å². The minimum atomic E-state index is -1.14. The second-order valence-electron chi connectivity index (χ2n) is 4.65. The number of aryl methyl sites for hydroxylation is 2. The quantitative estimate of drug-likeness (QED) is 0.860. The zero-order valence-electron chi connectivity index (χ0n) is 11.2. The van der Waals surface area contributed by atoms with E-state index in [4.69, 9.17) is 5.11 Å². The molecule has 1 aliphatic heterocycles. The first kappa shape index (κ1) is 13.4. The van der Waals surface area contributed by atoms with E-state index >= 15 is 0 Å². The molecular weight excluding hydrogens is 292 g/mol. The summed E-state index contributed by atoms with van der Waals surface area (Å²) in [5, 5.41) is 9.28. The Labute approximate surface area is 123 Å². The second kappa shape index (κ2) is 4.49. The van der Waals surface area contributed by atoms with Crippen molar-refractivity contribution in [3.63, 3.8) is 0 Å². The van der Waals surface area contributed by atoms with E-state index in [9.17, 15) is 14.4 Å². The fourth-order valence-electron chi connectivity index (χ4n) is 2.10. The molecule has 2 heterocycles. The molecule has 0 saturated carbocycles. The summed E-state index contributed by atoms with van der Waals surface area (Å²) >= 11 is 1.26. The molecule has 0 radical (unpaired) electrons. The number of rotatable bonds is 2. The molecule has 21 heavy (non-hydrogen) atoms. The molecule has 0 atom stereocenters. The topological polar surface area (TPSA) is 87.6 Å². The van der Waals surface area contributed by atoms with Gasteiger partial charge in [-0.3, -0.25) is 9.59 Å². The van der Waals surface area contributed by atoms with E-state index in [2.05, 4.69) is 4.98 Å². The summed E-state index contributed by atoms with van der Waals surface area (Å²) < 4.78 is 0. The number of amides is 2. The second-order valence-corrected chi connectivity index (χ2v) is 5.83. The van der Waals surface area contributed by atoms with Crippen molar-refractivity contribution < 1.29 is 19.5 Å². The van der Waals surface area contributed by atoms with Crippen LogP contribution in [0.4, 0.5) is 5.13 Å². The van der Waals surface area contributed by atoms with Gasteiger partial charge in [0.25, 0.3) is 11.8 Å². The maximum Gasteiger partial charge on any atom is 0.335 e. The van der Waals surface area contributed by atoms with Gasteiger partial charge in [-0.15, -0.1) is 11.3 Å². The average Bonchev–Trinajstić information content (AvgIpc) is 2.88. The molecule has 0 aliphatic carbocycles. The average molecular weight is 302 g/mol. The number of thiazole rings is 1. The molecule has 0 spiro atoms. The lowest BCUT2D eigenvalue weighted by atomic mass is 10.1. The van der Waals surface area contributed by atoms with Gasteiger partial charge in [-0.25, -0.2) is 14.7 Å². The van der Waals surface area contributed by atoms with Gasteiger partial charge in [-0.2, -0.15) is 0 Å². The number of carboxylic acid groups (broad SMARTS) is 1. The Morgan fingerprint density at radius 2 is 1.86 bits per heavy atom. The zero-order chi connectivity index (χ0) is 15.3. The predicted octanol–water partition coefficient (Wildman–Crippen LogP) is 2.26. The molecule has 0 fully saturated rings. The summed E-state index contributed by atoms with van der Waals surface area (Å²) in [5.41, 5.74) is 1.04. The van der Waals surface area contributed by atoms with E-state index in [0.717, 1.165) is 15.5 Å². The van der Waals surface area contributed by atoms with Crippen molar-refractivity contribution >= 4 is 34.3 Å². The number of fused-ring (bicyclic) bond motifs is 1. The maximum absolute atomic E-state index is 12.4. The molecule has 1 N–H and O–H groups in total. The third kappa shape index (κ3) is 1.93. The Kier molecular flexibility index (Phi) is 2.87. The van der Waals surface area contributed by atoms with Crippen molar-refractivity contribution in [2.24, 2.45) is 0 Å². The van der Waals surface area contributed by atoms with Crippen molar-refractivity contribution in [1.29, 1.82) is 0 Å². The van der Waals surface area contributed by atoms with E-state index < -0.39 is 17.8 Å². The molecule has 0 bridgehead atoms. The van der Waals surface area contributed by atoms with Crippen molar-refractivity contribution in [1.82, 2.24) is 4.98 Å². The van der Waals surface area contributed by atoms with Crippen LogP contribution in [-0.4, -0.2) is 27.9 Å². The summed E-state index contributed by atoms with van der Waals surface area (Å²) in [6.45, 7) is 3.66. The summed E-state index contributed by atoms with van der Waals surface area (Å²) in [6, 6.07) is 3.91. The van der Waals surface area contributed by atoms with Crippen LogP contribution in [0.25, 0.3) is 0 Å². The number of anilines is 1. The molecular formula is C14H10N2O4S. The van der Waals surface area contributed by atoms with Gasteiger partial charge in [0, 0.05) is 4.88 Å². The summed E-state index contributed by atoms with van der Waals surface area (Å²) in [6.07, 6.45) is 0. The first-order valence-corrected chi connectivity index (χ1v) is 6.92. The molecule has 106 valence electrons. The molecule has 3 rings (SSSR count). The van der Waals surface area contributed by atoms with Crippen LogP contribution in [0.5, 0.6) is 0 Å². The minimum Gasteiger partial charge on any atom is -0.478 e. The number of hydrogen-bond acceptors (Lipinski definition) is 5. The van der Waals surface area contributed by atoms with Crippen LogP contribution in [0, 0.1) is 13.8 Å². The molecule has 0 saturated heterocycles. The highest BCUT2D eigenvalue weighted by molar-refractivity contribution is 7.16. The number of nitrogens with zero attached hydrogens (tertiary/aromatic N) is 2. The molecule has 6 nitrogen and oxygen atoms in total. The number of imide groups is 1. The van der Waals surface area contributed by atoms with Gasteiger partial charge in [-0.1, -0.05) is 0 Å². The monoisotopic (exact) mass is 302 g/mol. The predicted molar refractivity (Wildman–Crippen MR) is 76.1 cm³/mol. The van der Waals surface area contributed by atoms with Crippen molar-refractivity contribution in [2.45, 2.75) is 13.8 Å². The number of carboxylic acids is 1. The number of carbonyl (C=O) groups is 3. The first-order chi connectivity index (χ1) is 9.90. The Bertz CT molecular complexity index is 790. The van der Waals surface area contributed by atoms with Crippen molar-refractivity contribution in [3.05, 3.63) is 45.5 Å². The Hall–Kier alpha value is -2.54. The lowest BCUT2D eigenvalue weighted by Gasteiger charge is -2.08. The molecule has 0 unspecified atom stereocenters. The largest absolute Gasteiger partial charge is 0.478 e. The Morgan fingerprint density at radius 1 is 1.19 bits per heavy atom. The van der Waals surface area contributed by atoms with Crippen molar-refractivity contribution in [3.8, 4) is 0 Å². The van der Waals surface area contributed by atoms with Gasteiger partial charge < -0.3 is 5.11 Å². The smallest absolute Gasteiger partial charge is 0.335 e. The number of aromatic carboxylic acids is 1. The molecule has 1 aromatic heterocycles. The molecule has 1 aromatic carbocycles. The number of hydrogen-bond donors (Lipinski definition) is 1. The lowest BCUT2D eigenvalue weighted by Crippen LogP contribution is -2.29. The maximum atomic E-state index is 12.4. The van der Waals surface area contributed by atoms with Crippen LogP contribution < -0.4 is 4.90 Å². The number of carbonyl (C=O) groups excluding carboxylic acids is 2. The van der Waals surface area contributed by atoms with Gasteiger partial charge >= 0.3 is 5.97 Å². The van der Waals surface area contributed by atoms with E-state index in [-0.39, 0.29) is 16.7 Å². The Morgan fingerprint density at radius 3 is 2.43 bits per heavy atom. The third-order valence-electron chi connectivity index (χ3n) is 3.34. The van der Waals surface area contributed by atoms with E-state index in [1.54, 1.807) is 6.92 Å². The van der Waals surface area contributed by atoms with Crippen LogP contribution in [-0.2, 0) is 0 Å². The van der Waals surface area contributed by atoms with Crippen LogP contribution in [0.2, 0.25) is 0 Å². The minimum absolute atomic E-state index is 0.0248. The third-order valence-corrected chi connectivity index (χ3v) is 4.40. The molecule has 2 aromatic rings. The number of aromatic nitrogens is 1. The van der Waals surface area contributed by atoms with Crippen LogP contribution in [0.15, 0.2) is 18.2 Å². The molecule has 1 aliphatic rings. The summed E-state index contributed by atoms with van der Waals surface area (Å²) in [7, 11) is 0. The van der Waals surface area contributed by atoms with E-state index in [1.165, 1.54) is 29.5 Å². The van der Waals surface area contributed by atoms with Gasteiger partial charge in [-0.05, 0) is 32.0 Å². The van der Waals surface area contributed by atoms with Crippen molar-refractivity contribution in [2.75, 3.05) is 4.90 Å². The highest BCUT2D eigenvalue weighted by Gasteiger charge is 2.38. The standard InChI is InChI=1S/C14H10N2O4S/c1-6-7(2)21-14(15-6)16-11(17)9-4-3-8(13(19)20)5-10(9)12(16)18/h3-5H,1-2H3,(H,19,20). The van der Waals surface area contributed by atoms with Gasteiger partial charge in [0.05, 0.1) is 22.4 Å². The van der Waals surface area contributed by atoms with Crippen LogP contribution in [0.3, 0.4) is 0 Å². The zero-order valence-corrected chi connectivity index (χ0v) is 12.0. The van der Waals surface area contributed by atoms with E-state index in [0.29, 0.717) is 5.13 Å². The fraction of sp³-hybridized carbons (Fsp3) is 0.143. The van der Waals surface area contributed by atoms with E-state index in [1.807, 2.05) is 6.92 Å². The highest BCUT2D eigenvalue weighted by atomic mass is 32.1. The summed E-state index contributed by atoms with van der Waals surface area (Å²) in [4.78, 5) is 41.8. The highest BCUT2D eigenvalue weighted by Crippen LogP contribution is 2.32. The lowest BCUT2D eigenvalue weighted by molar-refractivity contribution is 0.0696. The molecule has 7 heteroatoms. The summed E-state index contributed by atoms with van der Waals surface area (Å²) in [5.74, 6) is -2.15. The number of benzene rings is 1. The van der Waals surface area contributed by atoms with Gasteiger partial charge in [0.2, 0.25) is 0 Å². The van der Waals surface area contributed by atoms with Crippen LogP contribution in [0.1, 0.15) is 41.6 Å².